The van der Waals surface area contributed by atoms with E-state index in [9.17, 15) is 4.39 Å². The van der Waals surface area contributed by atoms with Crippen molar-refractivity contribution in [2.24, 2.45) is 0 Å². The Morgan fingerprint density at radius 1 is 1.05 bits per heavy atom. The third-order valence-corrected chi connectivity index (χ3v) is 3.30. The topological polar surface area (TPSA) is 28.2 Å². The van der Waals surface area contributed by atoms with Crippen molar-refractivity contribution in [3.63, 3.8) is 0 Å². The highest BCUT2D eigenvalue weighted by molar-refractivity contribution is 5.61. The molecule has 1 aromatic heterocycles. The number of rotatable bonds is 2. The van der Waals surface area contributed by atoms with Crippen LogP contribution in [0.1, 0.15) is 0 Å². The van der Waals surface area contributed by atoms with Gasteiger partial charge >= 0.3 is 0 Å². The SMILES string of the molecule is Fc1cccc(-c2cccc(N3CCNCC3)n2)c1. The van der Waals surface area contributed by atoms with Crippen LogP contribution in [-0.4, -0.2) is 31.2 Å². The Bertz CT molecular complexity index is 565. The summed E-state index contributed by atoms with van der Waals surface area (Å²) in [6, 6.07) is 12.5. The highest BCUT2D eigenvalue weighted by atomic mass is 19.1. The molecule has 0 unspecified atom stereocenters. The van der Waals surface area contributed by atoms with E-state index in [0.717, 1.165) is 43.3 Å². The first-order valence-corrected chi connectivity index (χ1v) is 6.51. The third kappa shape index (κ3) is 2.74. The van der Waals surface area contributed by atoms with Crippen LogP contribution in [0.4, 0.5) is 10.2 Å². The van der Waals surface area contributed by atoms with E-state index in [1.54, 1.807) is 6.07 Å². The van der Waals surface area contributed by atoms with E-state index in [1.165, 1.54) is 12.1 Å². The second-order valence-electron chi connectivity index (χ2n) is 4.63. The van der Waals surface area contributed by atoms with Crippen molar-refractivity contribution in [2.45, 2.75) is 0 Å². The van der Waals surface area contributed by atoms with E-state index < -0.39 is 0 Å². The third-order valence-electron chi connectivity index (χ3n) is 3.30. The number of nitrogens with zero attached hydrogens (tertiary/aromatic N) is 2. The summed E-state index contributed by atoms with van der Waals surface area (Å²) in [6.07, 6.45) is 0. The average Bonchev–Trinajstić information content (AvgIpc) is 2.48. The maximum Gasteiger partial charge on any atom is 0.129 e. The van der Waals surface area contributed by atoms with Gasteiger partial charge in [0.15, 0.2) is 0 Å². The van der Waals surface area contributed by atoms with Gasteiger partial charge in [-0.15, -0.1) is 0 Å². The number of halogens is 1. The molecule has 3 rings (SSSR count). The molecule has 2 heterocycles. The standard InChI is InChI=1S/C15H16FN3/c16-13-4-1-3-12(11-13)14-5-2-6-15(18-14)19-9-7-17-8-10-19/h1-6,11,17H,7-10H2. The highest BCUT2D eigenvalue weighted by Gasteiger charge is 2.12. The normalized spacial score (nSPS) is 15.5. The number of pyridine rings is 1. The van der Waals surface area contributed by atoms with Crippen LogP contribution in [0.3, 0.4) is 0 Å². The number of nitrogens with one attached hydrogen (secondary N) is 1. The summed E-state index contributed by atoms with van der Waals surface area (Å²) in [4.78, 5) is 6.89. The van der Waals surface area contributed by atoms with Gasteiger partial charge in [0.1, 0.15) is 11.6 Å². The summed E-state index contributed by atoms with van der Waals surface area (Å²) in [5, 5.41) is 3.32. The summed E-state index contributed by atoms with van der Waals surface area (Å²) in [5.41, 5.74) is 1.63. The predicted molar refractivity (Wildman–Crippen MR) is 74.7 cm³/mol. The molecule has 4 heteroatoms. The quantitative estimate of drug-likeness (QED) is 0.894. The molecule has 19 heavy (non-hydrogen) atoms. The fraction of sp³-hybridized carbons (Fsp3) is 0.267. The van der Waals surface area contributed by atoms with Crippen molar-refractivity contribution in [3.8, 4) is 11.3 Å². The lowest BCUT2D eigenvalue weighted by Crippen LogP contribution is -2.43. The maximum absolute atomic E-state index is 13.3. The molecule has 0 spiro atoms. The second-order valence-corrected chi connectivity index (χ2v) is 4.63. The van der Waals surface area contributed by atoms with Gasteiger partial charge < -0.3 is 10.2 Å². The Kier molecular flexibility index (Phi) is 3.42. The molecule has 1 saturated heterocycles. The Balaban J connectivity index is 1.91. The van der Waals surface area contributed by atoms with Crippen LogP contribution in [0.5, 0.6) is 0 Å². The summed E-state index contributed by atoms with van der Waals surface area (Å²) < 4.78 is 13.3. The number of piperazine rings is 1. The minimum atomic E-state index is -0.230. The van der Waals surface area contributed by atoms with E-state index in [-0.39, 0.29) is 5.82 Å². The molecule has 1 aromatic carbocycles. The minimum absolute atomic E-state index is 0.230. The van der Waals surface area contributed by atoms with Gasteiger partial charge in [-0.25, -0.2) is 9.37 Å². The Morgan fingerprint density at radius 2 is 1.84 bits per heavy atom. The molecule has 2 aromatic rings. The fourth-order valence-corrected chi connectivity index (χ4v) is 2.30. The first kappa shape index (κ1) is 12.1. The summed E-state index contributed by atoms with van der Waals surface area (Å²) >= 11 is 0. The van der Waals surface area contributed by atoms with Gasteiger partial charge in [-0.1, -0.05) is 18.2 Å². The molecule has 3 nitrogen and oxygen atoms in total. The smallest absolute Gasteiger partial charge is 0.129 e. The zero-order valence-corrected chi connectivity index (χ0v) is 10.6. The maximum atomic E-state index is 13.3. The van der Waals surface area contributed by atoms with Gasteiger partial charge in [0.25, 0.3) is 0 Å². The van der Waals surface area contributed by atoms with Gasteiger partial charge in [-0.2, -0.15) is 0 Å². The summed E-state index contributed by atoms with van der Waals surface area (Å²) in [7, 11) is 0. The Hall–Kier alpha value is -1.94. The molecular weight excluding hydrogens is 241 g/mol. The van der Waals surface area contributed by atoms with Crippen LogP contribution in [-0.2, 0) is 0 Å². The number of aromatic nitrogens is 1. The number of hydrogen-bond acceptors (Lipinski definition) is 3. The first-order chi connectivity index (χ1) is 9.33. The minimum Gasteiger partial charge on any atom is -0.354 e. The Morgan fingerprint density at radius 3 is 2.63 bits per heavy atom. The van der Waals surface area contributed by atoms with Crippen molar-refractivity contribution >= 4 is 5.82 Å². The monoisotopic (exact) mass is 257 g/mol. The zero-order chi connectivity index (χ0) is 13.1. The van der Waals surface area contributed by atoms with Gasteiger partial charge in [0.2, 0.25) is 0 Å². The highest BCUT2D eigenvalue weighted by Crippen LogP contribution is 2.21. The number of benzene rings is 1. The average molecular weight is 257 g/mol. The lowest BCUT2D eigenvalue weighted by Gasteiger charge is -2.28. The van der Waals surface area contributed by atoms with Gasteiger partial charge in [-0.05, 0) is 24.3 Å². The molecule has 1 aliphatic heterocycles. The molecule has 0 saturated carbocycles. The lowest BCUT2D eigenvalue weighted by atomic mass is 10.1. The van der Waals surface area contributed by atoms with Crippen LogP contribution < -0.4 is 10.2 Å². The van der Waals surface area contributed by atoms with E-state index in [0.29, 0.717) is 0 Å². The van der Waals surface area contributed by atoms with Gasteiger partial charge in [0, 0.05) is 31.7 Å². The van der Waals surface area contributed by atoms with Crippen molar-refractivity contribution in [1.82, 2.24) is 10.3 Å². The molecule has 1 fully saturated rings. The first-order valence-electron chi connectivity index (χ1n) is 6.51. The zero-order valence-electron chi connectivity index (χ0n) is 10.6. The van der Waals surface area contributed by atoms with Crippen LogP contribution in [0.25, 0.3) is 11.3 Å². The van der Waals surface area contributed by atoms with Crippen molar-refractivity contribution < 1.29 is 4.39 Å². The summed E-state index contributed by atoms with van der Waals surface area (Å²) in [6.45, 7) is 3.87. The van der Waals surface area contributed by atoms with Gasteiger partial charge in [-0.3, -0.25) is 0 Å². The molecular formula is C15H16FN3. The lowest BCUT2D eigenvalue weighted by molar-refractivity contribution is 0.585. The van der Waals surface area contributed by atoms with Crippen LogP contribution >= 0.6 is 0 Å². The van der Waals surface area contributed by atoms with Crippen LogP contribution in [0.2, 0.25) is 0 Å². The predicted octanol–water partition coefficient (Wildman–Crippen LogP) is 2.30. The summed E-state index contributed by atoms with van der Waals surface area (Å²) in [5.74, 6) is 0.732. The number of hydrogen-bond donors (Lipinski definition) is 1. The Labute approximate surface area is 112 Å². The van der Waals surface area contributed by atoms with E-state index in [2.05, 4.69) is 15.2 Å². The molecule has 0 atom stereocenters. The molecule has 1 N–H and O–H groups in total. The molecule has 0 aliphatic carbocycles. The van der Waals surface area contributed by atoms with Crippen LogP contribution in [0, 0.1) is 5.82 Å². The van der Waals surface area contributed by atoms with Gasteiger partial charge in [0.05, 0.1) is 5.69 Å². The molecule has 0 radical (unpaired) electrons. The van der Waals surface area contributed by atoms with E-state index in [4.69, 9.17) is 0 Å². The van der Waals surface area contributed by atoms with Crippen LogP contribution in [0.15, 0.2) is 42.5 Å². The van der Waals surface area contributed by atoms with E-state index in [1.807, 2.05) is 24.3 Å². The molecule has 1 aliphatic rings. The second kappa shape index (κ2) is 5.36. The molecule has 98 valence electrons. The molecule has 0 bridgehead atoms. The van der Waals surface area contributed by atoms with Crippen molar-refractivity contribution in [1.29, 1.82) is 0 Å². The number of anilines is 1. The molecule has 0 amide bonds. The van der Waals surface area contributed by atoms with E-state index >= 15 is 0 Å². The van der Waals surface area contributed by atoms with Crippen molar-refractivity contribution in [3.05, 3.63) is 48.3 Å². The van der Waals surface area contributed by atoms with Crippen molar-refractivity contribution in [2.75, 3.05) is 31.1 Å². The largest absolute Gasteiger partial charge is 0.354 e. The fourth-order valence-electron chi connectivity index (χ4n) is 2.30.